The largest absolute Gasteiger partial charge is 0.322 e. The molecule has 170 valence electrons. The highest BCUT2D eigenvalue weighted by Gasteiger charge is 2.27. The lowest BCUT2D eigenvalue weighted by Crippen LogP contribution is -2.16. The maximum atomic E-state index is 12.5. The molecule has 1 heterocycles. The number of amides is 1. The highest BCUT2D eigenvalue weighted by molar-refractivity contribution is 7.92. The van der Waals surface area contributed by atoms with Gasteiger partial charge in [0, 0.05) is 29.7 Å². The van der Waals surface area contributed by atoms with Crippen molar-refractivity contribution in [3.8, 4) is 0 Å². The zero-order valence-electron chi connectivity index (χ0n) is 16.6. The Labute approximate surface area is 190 Å². The van der Waals surface area contributed by atoms with Crippen molar-refractivity contribution in [3.05, 3.63) is 85.2 Å². The number of sulfonamides is 1. The number of nitrogens with zero attached hydrogens (tertiary/aromatic N) is 4. The van der Waals surface area contributed by atoms with Gasteiger partial charge in [-0.3, -0.25) is 25.0 Å². The number of nitrogens with one attached hydrogen (secondary N) is 2. The maximum Gasteiger partial charge on any atom is 0.295 e. The molecule has 0 aliphatic carbocycles. The summed E-state index contributed by atoms with van der Waals surface area (Å²) in [6.07, 6.45) is 1.39. The molecule has 0 fully saturated rings. The number of halogens is 1. The summed E-state index contributed by atoms with van der Waals surface area (Å²) in [5.41, 5.74) is -1.30. The number of anilines is 2. The third-order valence-electron chi connectivity index (χ3n) is 4.13. The molecule has 0 radical (unpaired) electrons. The SMILES string of the molecule is Cc1ccnc(NS(=O)(=O)c2ccc(NC(=O)c3cc([N+](=O)[O-])c(Cl)c([N+](=O)[O-])c3)cc2)n1. The standard InChI is InChI=1S/C18H13ClN6O7S/c1-10-6-7-20-18(21-10)23-33(31,32)13-4-2-12(3-5-13)22-17(26)11-8-14(24(27)28)16(19)15(9-11)25(29)30/h2-9H,1H3,(H,22,26)(H,20,21,23). The number of nitro benzene ring substituents is 2. The van der Waals surface area contributed by atoms with Crippen molar-refractivity contribution in [2.75, 3.05) is 10.0 Å². The molecule has 0 saturated carbocycles. The maximum absolute atomic E-state index is 12.5. The minimum Gasteiger partial charge on any atom is -0.322 e. The Hall–Kier alpha value is -4.17. The summed E-state index contributed by atoms with van der Waals surface area (Å²) in [6.45, 7) is 1.67. The molecular weight excluding hydrogens is 480 g/mol. The number of aromatic nitrogens is 2. The fourth-order valence-electron chi connectivity index (χ4n) is 2.59. The first-order chi connectivity index (χ1) is 15.5. The van der Waals surface area contributed by atoms with E-state index in [9.17, 15) is 33.4 Å². The van der Waals surface area contributed by atoms with Gasteiger partial charge in [0.25, 0.3) is 27.3 Å². The third-order valence-corrected chi connectivity index (χ3v) is 5.86. The number of hydrogen-bond donors (Lipinski definition) is 2. The van der Waals surface area contributed by atoms with Crippen LogP contribution in [-0.4, -0.2) is 34.1 Å². The van der Waals surface area contributed by atoms with Gasteiger partial charge in [0.15, 0.2) is 5.02 Å². The molecule has 0 bridgehead atoms. The second-order valence-corrected chi connectivity index (χ2v) is 8.51. The quantitative estimate of drug-likeness (QED) is 0.368. The number of hydrogen-bond acceptors (Lipinski definition) is 9. The Morgan fingerprint density at radius 2 is 1.61 bits per heavy atom. The highest BCUT2D eigenvalue weighted by atomic mass is 35.5. The average Bonchev–Trinajstić information content (AvgIpc) is 2.73. The van der Waals surface area contributed by atoms with Crippen LogP contribution in [0.4, 0.5) is 23.0 Å². The van der Waals surface area contributed by atoms with Crippen LogP contribution in [0.5, 0.6) is 0 Å². The highest BCUT2D eigenvalue weighted by Crippen LogP contribution is 2.35. The van der Waals surface area contributed by atoms with E-state index < -0.39 is 42.2 Å². The normalized spacial score (nSPS) is 11.0. The molecule has 33 heavy (non-hydrogen) atoms. The van der Waals surface area contributed by atoms with E-state index in [4.69, 9.17) is 11.6 Å². The molecule has 0 aliphatic rings. The third kappa shape index (κ3) is 5.36. The van der Waals surface area contributed by atoms with Gasteiger partial charge in [-0.05, 0) is 37.3 Å². The summed E-state index contributed by atoms with van der Waals surface area (Å²) in [5.74, 6) is -1.02. The van der Waals surface area contributed by atoms with E-state index in [2.05, 4.69) is 20.0 Å². The van der Waals surface area contributed by atoms with Crippen molar-refractivity contribution in [2.24, 2.45) is 0 Å². The van der Waals surface area contributed by atoms with Crippen molar-refractivity contribution < 1.29 is 23.1 Å². The Morgan fingerprint density at radius 3 is 2.12 bits per heavy atom. The van der Waals surface area contributed by atoms with Crippen LogP contribution in [0.1, 0.15) is 16.1 Å². The van der Waals surface area contributed by atoms with Crippen LogP contribution in [0, 0.1) is 27.2 Å². The molecule has 3 aromatic rings. The zero-order valence-corrected chi connectivity index (χ0v) is 18.1. The van der Waals surface area contributed by atoms with E-state index in [0.29, 0.717) is 5.69 Å². The van der Waals surface area contributed by atoms with E-state index in [0.717, 1.165) is 12.1 Å². The van der Waals surface area contributed by atoms with Crippen LogP contribution < -0.4 is 10.0 Å². The molecule has 0 aliphatic heterocycles. The molecule has 0 saturated heterocycles. The van der Waals surface area contributed by atoms with Gasteiger partial charge >= 0.3 is 0 Å². The van der Waals surface area contributed by atoms with E-state index in [1.165, 1.54) is 30.5 Å². The molecule has 0 spiro atoms. The number of rotatable bonds is 7. The van der Waals surface area contributed by atoms with Crippen LogP contribution >= 0.6 is 11.6 Å². The predicted molar refractivity (Wildman–Crippen MR) is 117 cm³/mol. The van der Waals surface area contributed by atoms with Gasteiger partial charge in [0.1, 0.15) is 0 Å². The second-order valence-electron chi connectivity index (χ2n) is 6.45. The predicted octanol–water partition coefficient (Wildman–Crippen LogP) is 3.31. The van der Waals surface area contributed by atoms with Gasteiger partial charge in [0.05, 0.1) is 20.3 Å². The topological polar surface area (TPSA) is 187 Å². The van der Waals surface area contributed by atoms with Gasteiger partial charge in [-0.15, -0.1) is 0 Å². The molecule has 13 nitrogen and oxygen atoms in total. The molecule has 1 amide bonds. The molecule has 15 heteroatoms. The molecule has 3 rings (SSSR count). The molecular formula is C18H13ClN6O7S. The van der Waals surface area contributed by atoms with E-state index in [1.807, 2.05) is 0 Å². The second kappa shape index (κ2) is 9.13. The summed E-state index contributed by atoms with van der Waals surface area (Å²) < 4.78 is 27.2. The molecule has 2 N–H and O–H groups in total. The van der Waals surface area contributed by atoms with Crippen molar-refractivity contribution in [3.63, 3.8) is 0 Å². The minimum atomic E-state index is -4.01. The fourth-order valence-corrected chi connectivity index (χ4v) is 3.79. The van der Waals surface area contributed by atoms with Crippen molar-refractivity contribution >= 4 is 50.5 Å². The lowest BCUT2D eigenvalue weighted by molar-refractivity contribution is -0.393. The van der Waals surface area contributed by atoms with Gasteiger partial charge in [-0.25, -0.2) is 23.1 Å². The van der Waals surface area contributed by atoms with Crippen molar-refractivity contribution in [2.45, 2.75) is 11.8 Å². The number of benzene rings is 2. The lowest BCUT2D eigenvalue weighted by atomic mass is 10.1. The molecule has 1 aromatic heterocycles. The molecule has 2 aromatic carbocycles. The first kappa shape index (κ1) is 23.5. The Kier molecular flexibility index (Phi) is 6.50. The van der Waals surface area contributed by atoms with Crippen molar-refractivity contribution in [1.82, 2.24) is 9.97 Å². The first-order valence-corrected chi connectivity index (χ1v) is 10.7. The van der Waals surface area contributed by atoms with Crippen LogP contribution in [0.15, 0.2) is 53.6 Å². The van der Waals surface area contributed by atoms with E-state index in [-0.39, 0.29) is 22.1 Å². The lowest BCUT2D eigenvalue weighted by Gasteiger charge is -2.09. The fraction of sp³-hybridized carbons (Fsp3) is 0.0556. The minimum absolute atomic E-state index is 0.113. The van der Waals surface area contributed by atoms with Gasteiger partial charge in [-0.2, -0.15) is 0 Å². The summed E-state index contributed by atoms with van der Waals surface area (Å²) in [5, 5.41) is 23.9. The first-order valence-electron chi connectivity index (χ1n) is 8.84. The Morgan fingerprint density at radius 1 is 1.03 bits per heavy atom. The average molecular weight is 493 g/mol. The van der Waals surface area contributed by atoms with Crippen LogP contribution in [0.2, 0.25) is 5.02 Å². The van der Waals surface area contributed by atoms with Crippen LogP contribution in [0.3, 0.4) is 0 Å². The van der Waals surface area contributed by atoms with E-state index in [1.54, 1.807) is 13.0 Å². The van der Waals surface area contributed by atoms with Crippen molar-refractivity contribution in [1.29, 1.82) is 0 Å². The monoisotopic (exact) mass is 492 g/mol. The van der Waals surface area contributed by atoms with E-state index >= 15 is 0 Å². The zero-order chi connectivity index (χ0) is 24.3. The summed E-state index contributed by atoms with van der Waals surface area (Å²) in [4.78, 5) is 40.4. The van der Waals surface area contributed by atoms with Crippen LogP contribution in [-0.2, 0) is 10.0 Å². The van der Waals surface area contributed by atoms with Gasteiger partial charge < -0.3 is 5.32 Å². The molecule has 0 atom stereocenters. The Bertz CT molecular complexity index is 1340. The van der Waals surface area contributed by atoms with Crippen LogP contribution in [0.25, 0.3) is 0 Å². The Balaban J connectivity index is 1.82. The smallest absolute Gasteiger partial charge is 0.295 e. The summed E-state index contributed by atoms with van der Waals surface area (Å²) in [7, 11) is -4.01. The number of carbonyl (C=O) groups excluding carboxylic acids is 1. The van der Waals surface area contributed by atoms with Gasteiger partial charge in [0.2, 0.25) is 5.95 Å². The molecule has 0 unspecified atom stereocenters. The van der Waals surface area contributed by atoms with Gasteiger partial charge in [-0.1, -0.05) is 11.6 Å². The number of carbonyl (C=O) groups is 1. The summed E-state index contributed by atoms with van der Waals surface area (Å²) in [6, 6.07) is 8.12. The summed E-state index contributed by atoms with van der Waals surface area (Å²) >= 11 is 5.68. The number of nitro groups is 2. The number of aryl methyl sites for hydroxylation is 1.